The Bertz CT molecular complexity index is 1920. The lowest BCUT2D eigenvalue weighted by Crippen LogP contribution is -2.54. The summed E-state index contributed by atoms with van der Waals surface area (Å²) in [5.41, 5.74) is -0.818. The molecule has 0 bridgehead atoms. The van der Waals surface area contributed by atoms with E-state index in [1.807, 2.05) is 0 Å². The lowest BCUT2D eigenvalue weighted by Gasteiger charge is -2.23. The van der Waals surface area contributed by atoms with Crippen LogP contribution in [-0.2, 0) is 100 Å². The number of esters is 1. The molecule has 0 saturated heterocycles. The van der Waals surface area contributed by atoms with Crippen molar-refractivity contribution in [2.24, 2.45) is 0 Å². The maximum atomic E-state index is 13.4. The lowest BCUT2D eigenvalue weighted by atomic mass is 10.1. The topological polar surface area (TPSA) is 368 Å². The molecule has 83 heavy (non-hydrogen) atoms. The quantitative estimate of drug-likeness (QED) is 0.0215. The largest absolute Gasteiger partial charge is 0.480 e. The third-order valence-electron chi connectivity index (χ3n) is 11.3. The Hall–Kier alpha value is -5.76. The van der Waals surface area contributed by atoms with E-state index in [1.165, 1.54) is 13.8 Å². The number of hydrogen-bond acceptors (Lipinski definition) is 21. The molecular weight excluding hydrogens is 1100 g/mol. The summed E-state index contributed by atoms with van der Waals surface area (Å²) in [6.07, 6.45) is 2.76. The number of carboxylic acid groups (broad SMARTS) is 1. The molecule has 0 aromatic carbocycles. The molecule has 29 nitrogen and oxygen atoms in total. The first-order valence-corrected chi connectivity index (χ1v) is 28.1. The first-order chi connectivity index (χ1) is 39.7. The summed E-state index contributed by atoms with van der Waals surface area (Å²) in [5, 5.41) is 24.5. The van der Waals surface area contributed by atoms with Gasteiger partial charge in [-0.1, -0.05) is 0 Å². The van der Waals surface area contributed by atoms with Crippen molar-refractivity contribution in [3.8, 4) is 0 Å². The minimum Gasteiger partial charge on any atom is -0.480 e. The van der Waals surface area contributed by atoms with Gasteiger partial charge in [0.2, 0.25) is 35.4 Å². The number of nitrogens with zero attached hydrogens (tertiary/aromatic N) is 1. The van der Waals surface area contributed by atoms with E-state index in [-0.39, 0.29) is 90.3 Å². The van der Waals surface area contributed by atoms with E-state index in [1.54, 1.807) is 27.9 Å². The van der Waals surface area contributed by atoms with Crippen molar-refractivity contribution < 1.29 is 105 Å². The van der Waals surface area contributed by atoms with Crippen LogP contribution >= 0.6 is 0 Å². The van der Waals surface area contributed by atoms with Gasteiger partial charge in [0.15, 0.2) is 0 Å². The van der Waals surface area contributed by atoms with E-state index in [4.69, 9.17) is 57.2 Å². The van der Waals surface area contributed by atoms with E-state index >= 15 is 0 Å². The van der Waals surface area contributed by atoms with Crippen LogP contribution in [0.15, 0.2) is 12.2 Å². The smallest absolute Gasteiger partial charge is 0.325 e. The summed E-state index contributed by atoms with van der Waals surface area (Å²) >= 11 is 0. The summed E-state index contributed by atoms with van der Waals surface area (Å²) < 4.78 is 59.2. The molecule has 4 atom stereocenters. The molecule has 0 saturated carbocycles. The van der Waals surface area contributed by atoms with Gasteiger partial charge in [0.05, 0.1) is 119 Å². The van der Waals surface area contributed by atoms with Crippen molar-refractivity contribution in [3.05, 3.63) is 12.2 Å². The standard InChI is InChI=1S/C54H93N7O22/c1-40(50(68)58-41(2)53(71)72)57-52(70)43(14-17-49(67)83-54(3,4)5)60-44(62)12-9-19-56-51(69)42(59-45(63)13-10-20-61-47(65)15-16-48(61)66)11-7-8-18-55-46(64)39-82-38-37-81-36-35-80-34-33-79-32-31-78-30-29-77-28-27-76-26-25-75-24-23-74-22-21-73-6/h15-16,40-43H,7-14,17-39H2,1-6H3,(H,55,64)(H,56,69)(H,57,70)(H,58,68)(H,59,63)(H,60,62)(H,71,72)/t40-,41-,42-,43-/m0/s1. The van der Waals surface area contributed by atoms with Crippen LogP contribution < -0.4 is 31.9 Å². The first-order valence-electron chi connectivity index (χ1n) is 28.1. The fourth-order valence-corrected chi connectivity index (χ4v) is 6.96. The maximum Gasteiger partial charge on any atom is 0.325 e. The first kappa shape index (κ1) is 75.3. The summed E-state index contributed by atoms with van der Waals surface area (Å²) in [4.78, 5) is 126. The number of carbonyl (C=O) groups excluding carboxylic acids is 9. The van der Waals surface area contributed by atoms with Gasteiger partial charge in [-0.05, 0) is 73.1 Å². The number of nitrogens with one attached hydrogen (secondary N) is 6. The summed E-state index contributed by atoms with van der Waals surface area (Å²) in [5.74, 6) is -6.55. The van der Waals surface area contributed by atoms with Crippen LogP contribution in [0.3, 0.4) is 0 Å². The predicted molar refractivity (Wildman–Crippen MR) is 295 cm³/mol. The fourth-order valence-electron chi connectivity index (χ4n) is 6.96. The number of carbonyl (C=O) groups is 10. The van der Waals surface area contributed by atoms with Crippen LogP contribution in [0.4, 0.5) is 0 Å². The van der Waals surface area contributed by atoms with Crippen LogP contribution in [0.5, 0.6) is 0 Å². The molecule has 0 aromatic heterocycles. The maximum absolute atomic E-state index is 13.4. The van der Waals surface area contributed by atoms with Crippen molar-refractivity contribution >= 4 is 59.2 Å². The molecule has 29 heteroatoms. The molecule has 1 aliphatic rings. The number of amides is 8. The van der Waals surface area contributed by atoms with Crippen molar-refractivity contribution in [2.45, 2.75) is 122 Å². The minimum absolute atomic E-state index is 0.00463. The highest BCUT2D eigenvalue weighted by atomic mass is 16.6. The molecule has 0 aromatic rings. The Morgan fingerprint density at radius 3 is 1.36 bits per heavy atom. The van der Waals surface area contributed by atoms with Gasteiger partial charge in [-0.2, -0.15) is 0 Å². The molecule has 1 rings (SSSR count). The molecular formula is C54H93N7O22. The van der Waals surface area contributed by atoms with E-state index in [9.17, 15) is 47.9 Å². The van der Waals surface area contributed by atoms with Gasteiger partial charge in [0.25, 0.3) is 11.8 Å². The van der Waals surface area contributed by atoms with E-state index in [2.05, 4.69) is 31.9 Å². The summed E-state index contributed by atoms with van der Waals surface area (Å²) in [6.45, 7) is 15.2. The van der Waals surface area contributed by atoms with Crippen LogP contribution in [0.2, 0.25) is 0 Å². The van der Waals surface area contributed by atoms with E-state index in [0.717, 1.165) is 17.1 Å². The van der Waals surface area contributed by atoms with E-state index < -0.39 is 83.1 Å². The summed E-state index contributed by atoms with van der Waals surface area (Å²) in [6, 6.07) is -4.76. The molecule has 0 unspecified atom stereocenters. The second-order valence-electron chi connectivity index (χ2n) is 19.6. The number of hydrogen-bond donors (Lipinski definition) is 7. The predicted octanol–water partition coefficient (Wildman–Crippen LogP) is -1.14. The number of aliphatic carboxylic acids is 1. The highest BCUT2D eigenvalue weighted by Gasteiger charge is 2.28. The zero-order chi connectivity index (χ0) is 61.5. The number of methoxy groups -OCH3 is 1. The van der Waals surface area contributed by atoms with Gasteiger partial charge in [-0.25, -0.2) is 0 Å². The molecule has 0 radical (unpaired) electrons. The normalized spacial score (nSPS) is 13.7. The molecule has 1 heterocycles. The number of rotatable bonds is 53. The van der Waals surface area contributed by atoms with Crippen LogP contribution in [0.25, 0.3) is 0 Å². The number of unbranched alkanes of at least 4 members (excludes halogenated alkanes) is 1. The van der Waals surface area contributed by atoms with Gasteiger partial charge >= 0.3 is 11.9 Å². The van der Waals surface area contributed by atoms with Crippen molar-refractivity contribution in [3.63, 3.8) is 0 Å². The zero-order valence-electron chi connectivity index (χ0n) is 49.4. The Kier molecular flexibility index (Phi) is 43.1. The molecule has 476 valence electrons. The Morgan fingerprint density at radius 2 is 0.904 bits per heavy atom. The van der Waals surface area contributed by atoms with Crippen molar-refractivity contribution in [1.82, 2.24) is 36.8 Å². The monoisotopic (exact) mass is 1190 g/mol. The Morgan fingerprint density at radius 1 is 0.482 bits per heavy atom. The lowest BCUT2D eigenvalue weighted by molar-refractivity contribution is -0.155. The fraction of sp³-hybridized carbons (Fsp3) is 0.778. The Balaban J connectivity index is 2.39. The molecule has 1 aliphatic heterocycles. The molecule has 0 aliphatic carbocycles. The summed E-state index contributed by atoms with van der Waals surface area (Å²) in [7, 11) is 1.62. The third-order valence-corrected chi connectivity index (χ3v) is 11.3. The number of carboxylic acids is 1. The van der Waals surface area contributed by atoms with E-state index in [0.29, 0.717) is 119 Å². The number of ether oxygens (including phenoxy) is 11. The van der Waals surface area contributed by atoms with Crippen molar-refractivity contribution in [2.75, 3.05) is 152 Å². The zero-order valence-corrected chi connectivity index (χ0v) is 49.4. The highest BCUT2D eigenvalue weighted by Crippen LogP contribution is 2.12. The van der Waals surface area contributed by atoms with Gasteiger partial charge in [-0.3, -0.25) is 52.8 Å². The SMILES string of the molecule is COCCOCCOCCOCCOCCOCCOCCOCCOCCOCC(=O)NCCCC[C@H](NC(=O)CCCN1C(=O)C=CC1=O)C(=O)NCCCC(=O)N[C@@H](CCC(=O)OC(C)(C)C)C(=O)N[C@@H](C)C(=O)N[C@@H](C)C(=O)O. The van der Waals surface area contributed by atoms with Crippen LogP contribution in [0.1, 0.15) is 92.4 Å². The van der Waals surface area contributed by atoms with Gasteiger partial charge in [0, 0.05) is 58.2 Å². The molecule has 0 fully saturated rings. The van der Waals surface area contributed by atoms with Crippen LogP contribution in [0, 0.1) is 0 Å². The van der Waals surface area contributed by atoms with Crippen LogP contribution in [-0.4, -0.2) is 251 Å². The highest BCUT2D eigenvalue weighted by molar-refractivity contribution is 6.12. The third kappa shape index (κ3) is 41.8. The molecule has 8 amide bonds. The molecule has 0 spiro atoms. The molecule has 7 N–H and O–H groups in total. The van der Waals surface area contributed by atoms with Crippen molar-refractivity contribution in [1.29, 1.82) is 0 Å². The second-order valence-corrected chi connectivity index (χ2v) is 19.6. The minimum atomic E-state index is -1.30. The van der Waals surface area contributed by atoms with Gasteiger partial charge in [-0.15, -0.1) is 0 Å². The Labute approximate surface area is 486 Å². The average Bonchev–Trinajstić information content (AvgIpc) is 3.92. The average molecular weight is 1190 g/mol. The van der Waals surface area contributed by atoms with Gasteiger partial charge in [0.1, 0.15) is 36.4 Å². The van der Waals surface area contributed by atoms with Gasteiger partial charge < -0.3 is 89.1 Å². The second kappa shape index (κ2) is 47.6. The number of imide groups is 1.